The molecule has 66 heavy (non-hydrogen) atoms. The maximum atomic E-state index is 12.8. The lowest BCUT2D eigenvalue weighted by Crippen LogP contribution is -2.30. The van der Waals surface area contributed by atoms with Gasteiger partial charge in [0.05, 0.1) is 6.61 Å². The molecule has 5 nitrogen and oxygen atoms in total. The quantitative estimate of drug-likeness (QED) is 0.0346. The van der Waals surface area contributed by atoms with Crippen LogP contribution in [0.3, 0.4) is 0 Å². The van der Waals surface area contributed by atoms with Crippen LogP contribution in [0.25, 0.3) is 0 Å². The molecule has 0 aliphatic rings. The summed E-state index contributed by atoms with van der Waals surface area (Å²) in [6.45, 7) is 7.48. The average molecular weight is 913 g/mol. The summed E-state index contributed by atoms with van der Waals surface area (Å²) < 4.78 is 17.4. The Labute approximate surface area is 407 Å². The summed E-state index contributed by atoms with van der Waals surface area (Å²) in [5, 5.41) is 0. The molecule has 0 rings (SSSR count). The summed E-state index contributed by atoms with van der Waals surface area (Å²) in [6.07, 6.45) is 77.8. The van der Waals surface area contributed by atoms with Crippen molar-refractivity contribution in [3.8, 4) is 0 Å². The molecular weight excluding hydrogens is 813 g/mol. The standard InChI is InChI=1S/C61H100O5/c1-4-7-10-13-16-19-22-25-28-29-30-31-32-35-38-41-44-47-50-53-56-64-57-59(66-61(63)55-52-49-46-43-40-37-34-27-24-21-18-15-12-9-6-3)58-65-60(62)54-51-48-45-42-39-36-33-26-23-20-17-14-11-8-5-2/h7-8,10-11,16-21,25-28,30-31,33-34,39,42,59H,4-6,9,12-15,22-24,29,32,35-38,40-41,43-58H2,1-3H3/b10-7-,11-8-,19-16-,20-17-,21-18-,28-25-,31-30-,33-26-,34-27-,42-39-. The molecule has 0 aliphatic carbocycles. The molecule has 0 radical (unpaired) electrons. The van der Waals surface area contributed by atoms with Gasteiger partial charge in [-0.05, 0) is 128 Å². The number of ether oxygens (including phenoxy) is 3. The molecule has 0 aromatic rings. The minimum atomic E-state index is -0.575. The first-order valence-corrected chi connectivity index (χ1v) is 27.1. The van der Waals surface area contributed by atoms with E-state index in [2.05, 4.69) is 142 Å². The van der Waals surface area contributed by atoms with Gasteiger partial charge < -0.3 is 14.2 Å². The van der Waals surface area contributed by atoms with Crippen LogP contribution in [0.5, 0.6) is 0 Å². The van der Waals surface area contributed by atoms with Crippen LogP contribution in [-0.4, -0.2) is 37.9 Å². The van der Waals surface area contributed by atoms with Crippen LogP contribution >= 0.6 is 0 Å². The third-order valence-corrected chi connectivity index (χ3v) is 11.0. The number of hydrogen-bond acceptors (Lipinski definition) is 5. The molecule has 1 unspecified atom stereocenters. The van der Waals surface area contributed by atoms with E-state index >= 15 is 0 Å². The van der Waals surface area contributed by atoms with Gasteiger partial charge in [-0.15, -0.1) is 0 Å². The molecule has 0 saturated heterocycles. The molecule has 0 bridgehead atoms. The van der Waals surface area contributed by atoms with Gasteiger partial charge >= 0.3 is 11.9 Å². The second kappa shape index (κ2) is 55.6. The second-order valence-corrected chi connectivity index (χ2v) is 17.4. The van der Waals surface area contributed by atoms with Crippen molar-refractivity contribution in [1.29, 1.82) is 0 Å². The van der Waals surface area contributed by atoms with Gasteiger partial charge in [-0.1, -0.05) is 206 Å². The van der Waals surface area contributed by atoms with Gasteiger partial charge in [-0.25, -0.2) is 0 Å². The van der Waals surface area contributed by atoms with Gasteiger partial charge in [0, 0.05) is 19.4 Å². The summed E-state index contributed by atoms with van der Waals surface area (Å²) in [5.41, 5.74) is 0. The lowest BCUT2D eigenvalue weighted by Gasteiger charge is -2.18. The zero-order chi connectivity index (χ0) is 47.7. The van der Waals surface area contributed by atoms with Gasteiger partial charge in [-0.3, -0.25) is 9.59 Å². The minimum Gasteiger partial charge on any atom is -0.462 e. The fraction of sp³-hybridized carbons (Fsp3) is 0.639. The van der Waals surface area contributed by atoms with Crippen LogP contribution in [0.2, 0.25) is 0 Å². The van der Waals surface area contributed by atoms with Crippen LogP contribution in [0.4, 0.5) is 0 Å². The smallest absolute Gasteiger partial charge is 0.306 e. The third kappa shape index (κ3) is 52.9. The Morgan fingerprint density at radius 2 is 0.682 bits per heavy atom. The van der Waals surface area contributed by atoms with Crippen LogP contribution in [0.1, 0.15) is 226 Å². The monoisotopic (exact) mass is 913 g/mol. The fourth-order valence-electron chi connectivity index (χ4n) is 6.99. The fourth-order valence-corrected chi connectivity index (χ4v) is 6.99. The minimum absolute atomic E-state index is 0.0461. The van der Waals surface area contributed by atoms with E-state index in [9.17, 15) is 9.59 Å². The predicted molar refractivity (Wildman–Crippen MR) is 288 cm³/mol. The molecule has 5 heteroatoms. The summed E-state index contributed by atoms with van der Waals surface area (Å²) in [7, 11) is 0. The van der Waals surface area contributed by atoms with Crippen molar-refractivity contribution in [3.63, 3.8) is 0 Å². The molecule has 0 fully saturated rings. The van der Waals surface area contributed by atoms with E-state index in [0.29, 0.717) is 19.4 Å². The van der Waals surface area contributed by atoms with Crippen LogP contribution < -0.4 is 0 Å². The summed E-state index contributed by atoms with van der Waals surface area (Å²) >= 11 is 0. The number of carbonyl (C=O) groups excluding carboxylic acids is 2. The molecule has 374 valence electrons. The number of allylic oxidation sites excluding steroid dienone is 20. The van der Waals surface area contributed by atoms with Gasteiger partial charge in [0.25, 0.3) is 0 Å². The molecule has 0 aliphatic heterocycles. The van der Waals surface area contributed by atoms with E-state index in [0.717, 1.165) is 122 Å². The highest BCUT2D eigenvalue weighted by Crippen LogP contribution is 2.12. The third-order valence-electron chi connectivity index (χ3n) is 11.0. The largest absolute Gasteiger partial charge is 0.462 e. The highest BCUT2D eigenvalue weighted by Gasteiger charge is 2.17. The van der Waals surface area contributed by atoms with Crippen LogP contribution in [0, 0.1) is 0 Å². The maximum Gasteiger partial charge on any atom is 0.306 e. The van der Waals surface area contributed by atoms with E-state index < -0.39 is 6.10 Å². The Kier molecular flexibility index (Phi) is 52.5. The summed E-state index contributed by atoms with van der Waals surface area (Å²) in [5.74, 6) is -0.473. The predicted octanol–water partition coefficient (Wildman–Crippen LogP) is 18.6. The van der Waals surface area contributed by atoms with Crippen molar-refractivity contribution in [1.82, 2.24) is 0 Å². The van der Waals surface area contributed by atoms with Crippen molar-refractivity contribution in [2.75, 3.05) is 19.8 Å². The Balaban J connectivity index is 4.39. The number of unbranched alkanes of at least 4 members (excludes halogenated alkanes) is 17. The number of rotatable bonds is 48. The van der Waals surface area contributed by atoms with Crippen LogP contribution in [-0.2, 0) is 23.8 Å². The van der Waals surface area contributed by atoms with E-state index in [-0.39, 0.29) is 25.2 Å². The maximum absolute atomic E-state index is 12.8. The first kappa shape index (κ1) is 62.3. The zero-order valence-electron chi connectivity index (χ0n) is 42.9. The zero-order valence-corrected chi connectivity index (χ0v) is 42.9. The molecular formula is C61H100O5. The Morgan fingerprint density at radius 3 is 1.12 bits per heavy atom. The lowest BCUT2D eigenvalue weighted by molar-refractivity contribution is -0.163. The highest BCUT2D eigenvalue weighted by atomic mass is 16.6. The Bertz CT molecular complexity index is 1350. The molecule has 0 N–H and O–H groups in total. The van der Waals surface area contributed by atoms with Crippen molar-refractivity contribution >= 4 is 11.9 Å². The normalized spacial score (nSPS) is 13.2. The molecule has 0 aromatic carbocycles. The average Bonchev–Trinajstić information content (AvgIpc) is 3.32. The van der Waals surface area contributed by atoms with Gasteiger partial charge in [-0.2, -0.15) is 0 Å². The number of hydrogen-bond donors (Lipinski definition) is 0. The SMILES string of the molecule is CC/C=C\C/C=C\C/C=C\C/C=C\CCCCCCCCCOCC(COC(=O)CCCC/C=C\C/C=C\C/C=C\C/C=C\CC)OC(=O)CCCCCCC/C=C\C/C=C\CCCCC. The molecule has 0 heterocycles. The van der Waals surface area contributed by atoms with Crippen molar-refractivity contribution in [3.05, 3.63) is 122 Å². The van der Waals surface area contributed by atoms with E-state index in [4.69, 9.17) is 14.2 Å². The van der Waals surface area contributed by atoms with Crippen molar-refractivity contribution in [2.24, 2.45) is 0 Å². The summed E-state index contributed by atoms with van der Waals surface area (Å²) in [4.78, 5) is 25.4. The van der Waals surface area contributed by atoms with Gasteiger partial charge in [0.2, 0.25) is 0 Å². The molecule has 1 atom stereocenters. The molecule has 0 spiro atoms. The van der Waals surface area contributed by atoms with E-state index in [1.165, 1.54) is 70.6 Å². The van der Waals surface area contributed by atoms with Gasteiger partial charge in [0.15, 0.2) is 6.10 Å². The first-order valence-electron chi connectivity index (χ1n) is 27.1. The van der Waals surface area contributed by atoms with Crippen LogP contribution in [0.15, 0.2) is 122 Å². The second-order valence-electron chi connectivity index (χ2n) is 17.4. The van der Waals surface area contributed by atoms with Crippen molar-refractivity contribution in [2.45, 2.75) is 232 Å². The Morgan fingerprint density at radius 1 is 0.348 bits per heavy atom. The molecule has 0 saturated carbocycles. The topological polar surface area (TPSA) is 61.8 Å². The molecule has 0 aromatic heterocycles. The van der Waals surface area contributed by atoms with Crippen molar-refractivity contribution < 1.29 is 23.8 Å². The first-order chi connectivity index (χ1) is 32.6. The van der Waals surface area contributed by atoms with E-state index in [1.807, 2.05) is 0 Å². The number of esters is 2. The highest BCUT2D eigenvalue weighted by molar-refractivity contribution is 5.70. The number of carbonyl (C=O) groups is 2. The summed E-state index contributed by atoms with van der Waals surface area (Å²) in [6, 6.07) is 0. The Hall–Kier alpha value is -3.70. The van der Waals surface area contributed by atoms with Gasteiger partial charge in [0.1, 0.15) is 6.61 Å². The van der Waals surface area contributed by atoms with E-state index in [1.54, 1.807) is 0 Å². The molecule has 0 amide bonds. The lowest BCUT2D eigenvalue weighted by atomic mass is 10.1.